The third kappa shape index (κ3) is 4.54. The van der Waals surface area contributed by atoms with Crippen molar-refractivity contribution in [2.75, 3.05) is 11.1 Å². The predicted octanol–water partition coefficient (Wildman–Crippen LogP) is 5.08. The molecular formula is C17H13Cl2N3O2S. The molecule has 1 heterocycles. The zero-order chi connectivity index (χ0) is 17.8. The zero-order valence-corrected chi connectivity index (χ0v) is 15.5. The minimum atomic E-state index is -0.149. The number of benzene rings is 2. The Balaban J connectivity index is 1.62. The number of thioether (sulfide) groups is 1. The van der Waals surface area contributed by atoms with E-state index in [-0.39, 0.29) is 17.6 Å². The van der Waals surface area contributed by atoms with Crippen molar-refractivity contribution in [2.45, 2.75) is 12.1 Å². The summed E-state index contributed by atoms with van der Waals surface area (Å²) in [6.45, 7) is 1.93. The van der Waals surface area contributed by atoms with Crippen LogP contribution in [0.5, 0.6) is 0 Å². The minimum Gasteiger partial charge on any atom is -0.411 e. The van der Waals surface area contributed by atoms with Gasteiger partial charge in [0.05, 0.1) is 16.3 Å². The molecule has 0 atom stereocenters. The summed E-state index contributed by atoms with van der Waals surface area (Å²) in [4.78, 5) is 12.0. The molecule has 128 valence electrons. The van der Waals surface area contributed by atoms with Crippen molar-refractivity contribution in [1.29, 1.82) is 0 Å². The Morgan fingerprint density at radius 1 is 1.20 bits per heavy atom. The van der Waals surface area contributed by atoms with E-state index in [1.807, 2.05) is 31.2 Å². The fraction of sp³-hybridized carbons (Fsp3) is 0.118. The standard InChI is InChI=1S/C17H13Cl2N3O2S/c1-10-4-2-3-5-14(10)20-15(23)9-25-17-22-21-16(24-17)12-7-6-11(18)8-13(12)19/h2-8H,9H2,1H3,(H,20,23). The molecule has 0 aliphatic rings. The molecule has 0 unspecified atom stereocenters. The molecule has 0 aliphatic heterocycles. The van der Waals surface area contributed by atoms with E-state index in [1.54, 1.807) is 18.2 Å². The SMILES string of the molecule is Cc1ccccc1NC(=O)CSc1nnc(-c2ccc(Cl)cc2Cl)o1. The van der Waals surface area contributed by atoms with Crippen LogP contribution in [0, 0.1) is 6.92 Å². The smallest absolute Gasteiger partial charge is 0.277 e. The molecule has 3 rings (SSSR count). The molecule has 1 aromatic heterocycles. The molecule has 0 fully saturated rings. The summed E-state index contributed by atoms with van der Waals surface area (Å²) >= 11 is 13.2. The molecule has 8 heteroatoms. The van der Waals surface area contributed by atoms with Gasteiger partial charge in [-0.25, -0.2) is 0 Å². The van der Waals surface area contributed by atoms with Gasteiger partial charge in [0.25, 0.3) is 5.22 Å². The molecule has 0 saturated carbocycles. The number of anilines is 1. The Morgan fingerprint density at radius 3 is 2.76 bits per heavy atom. The summed E-state index contributed by atoms with van der Waals surface area (Å²) in [5.74, 6) is 0.289. The van der Waals surface area contributed by atoms with Crippen molar-refractivity contribution in [2.24, 2.45) is 0 Å². The predicted molar refractivity (Wildman–Crippen MR) is 100 cm³/mol. The highest BCUT2D eigenvalue weighted by Crippen LogP contribution is 2.31. The summed E-state index contributed by atoms with van der Waals surface area (Å²) in [5, 5.41) is 12.0. The van der Waals surface area contributed by atoms with Crippen LogP contribution in [-0.4, -0.2) is 21.9 Å². The van der Waals surface area contributed by atoms with Gasteiger partial charge in [0.2, 0.25) is 11.8 Å². The van der Waals surface area contributed by atoms with Gasteiger partial charge in [-0.2, -0.15) is 0 Å². The maximum absolute atomic E-state index is 12.0. The Hall–Kier alpha value is -2.02. The molecule has 0 radical (unpaired) electrons. The number of para-hydroxylation sites is 1. The van der Waals surface area contributed by atoms with Crippen molar-refractivity contribution in [3.63, 3.8) is 0 Å². The van der Waals surface area contributed by atoms with Gasteiger partial charge in [0, 0.05) is 10.7 Å². The van der Waals surface area contributed by atoms with Gasteiger partial charge < -0.3 is 9.73 Å². The van der Waals surface area contributed by atoms with Crippen LogP contribution in [0.15, 0.2) is 52.1 Å². The highest BCUT2D eigenvalue weighted by atomic mass is 35.5. The van der Waals surface area contributed by atoms with Crippen molar-refractivity contribution in [3.8, 4) is 11.5 Å². The van der Waals surface area contributed by atoms with E-state index >= 15 is 0 Å². The fourth-order valence-corrected chi connectivity index (χ4v) is 3.12. The van der Waals surface area contributed by atoms with Crippen LogP contribution in [0.4, 0.5) is 5.69 Å². The number of hydrogen-bond acceptors (Lipinski definition) is 5. The second-order valence-corrected chi connectivity index (χ2v) is 6.92. The first-order valence-corrected chi connectivity index (χ1v) is 9.04. The van der Waals surface area contributed by atoms with Gasteiger partial charge in [0.1, 0.15) is 0 Å². The van der Waals surface area contributed by atoms with Crippen LogP contribution in [0.2, 0.25) is 10.0 Å². The number of hydrogen-bond donors (Lipinski definition) is 1. The molecular weight excluding hydrogens is 381 g/mol. The third-order valence-electron chi connectivity index (χ3n) is 3.31. The van der Waals surface area contributed by atoms with Crippen LogP contribution in [0.1, 0.15) is 5.56 Å². The lowest BCUT2D eigenvalue weighted by atomic mass is 10.2. The zero-order valence-electron chi connectivity index (χ0n) is 13.1. The average Bonchev–Trinajstić information content (AvgIpc) is 3.04. The Morgan fingerprint density at radius 2 is 2.00 bits per heavy atom. The van der Waals surface area contributed by atoms with E-state index in [9.17, 15) is 4.79 Å². The lowest BCUT2D eigenvalue weighted by Crippen LogP contribution is -2.14. The van der Waals surface area contributed by atoms with Crippen molar-refractivity contribution >= 4 is 46.6 Å². The highest BCUT2D eigenvalue weighted by Gasteiger charge is 2.14. The van der Waals surface area contributed by atoms with Gasteiger partial charge in [0.15, 0.2) is 0 Å². The molecule has 2 aromatic carbocycles. The summed E-state index contributed by atoms with van der Waals surface area (Å²) in [6, 6.07) is 12.6. The van der Waals surface area contributed by atoms with Gasteiger partial charge >= 0.3 is 0 Å². The van der Waals surface area contributed by atoms with Gasteiger partial charge in [-0.05, 0) is 36.8 Å². The van der Waals surface area contributed by atoms with Crippen molar-refractivity contribution < 1.29 is 9.21 Å². The van der Waals surface area contributed by atoms with Crippen molar-refractivity contribution in [3.05, 3.63) is 58.1 Å². The maximum atomic E-state index is 12.0. The monoisotopic (exact) mass is 393 g/mol. The lowest BCUT2D eigenvalue weighted by Gasteiger charge is -2.06. The number of aromatic nitrogens is 2. The summed E-state index contributed by atoms with van der Waals surface area (Å²) in [6.07, 6.45) is 0. The molecule has 0 aliphatic carbocycles. The van der Waals surface area contributed by atoms with Crippen molar-refractivity contribution in [1.82, 2.24) is 10.2 Å². The topological polar surface area (TPSA) is 68.0 Å². The maximum Gasteiger partial charge on any atom is 0.277 e. The molecule has 25 heavy (non-hydrogen) atoms. The van der Waals surface area contributed by atoms with Crippen LogP contribution >= 0.6 is 35.0 Å². The van der Waals surface area contributed by atoms with Gasteiger partial charge in [-0.1, -0.05) is 53.2 Å². The average molecular weight is 394 g/mol. The molecule has 0 saturated heterocycles. The van der Waals surface area contributed by atoms with E-state index in [2.05, 4.69) is 15.5 Å². The van der Waals surface area contributed by atoms with E-state index in [0.29, 0.717) is 20.8 Å². The summed E-state index contributed by atoms with van der Waals surface area (Å²) in [7, 11) is 0. The second kappa shape index (κ2) is 7.91. The normalized spacial score (nSPS) is 10.7. The van der Waals surface area contributed by atoms with E-state index < -0.39 is 0 Å². The molecule has 1 amide bonds. The van der Waals surface area contributed by atoms with Crippen LogP contribution in [-0.2, 0) is 4.79 Å². The lowest BCUT2D eigenvalue weighted by molar-refractivity contribution is -0.113. The summed E-state index contributed by atoms with van der Waals surface area (Å²) < 4.78 is 5.55. The Labute approximate surface area is 158 Å². The number of nitrogens with zero attached hydrogens (tertiary/aromatic N) is 2. The van der Waals surface area contributed by atoms with Gasteiger partial charge in [-0.3, -0.25) is 4.79 Å². The number of amides is 1. The quantitative estimate of drug-likeness (QED) is 0.611. The fourth-order valence-electron chi connectivity index (χ4n) is 2.07. The number of nitrogens with one attached hydrogen (secondary N) is 1. The number of carbonyl (C=O) groups is 1. The Bertz CT molecular complexity index is 914. The highest BCUT2D eigenvalue weighted by molar-refractivity contribution is 7.99. The van der Waals surface area contributed by atoms with Crippen LogP contribution in [0.25, 0.3) is 11.5 Å². The van der Waals surface area contributed by atoms with Gasteiger partial charge in [-0.15, -0.1) is 10.2 Å². The van der Waals surface area contributed by atoms with Crippen LogP contribution in [0.3, 0.4) is 0 Å². The Kier molecular flexibility index (Phi) is 5.63. The van der Waals surface area contributed by atoms with E-state index in [0.717, 1.165) is 23.0 Å². The number of aryl methyl sites for hydroxylation is 1. The molecule has 0 bridgehead atoms. The first-order valence-electron chi connectivity index (χ1n) is 7.30. The molecule has 0 spiro atoms. The van der Waals surface area contributed by atoms with Crippen LogP contribution < -0.4 is 5.32 Å². The molecule has 3 aromatic rings. The second-order valence-electron chi connectivity index (χ2n) is 5.15. The van der Waals surface area contributed by atoms with E-state index in [1.165, 1.54) is 0 Å². The minimum absolute atomic E-state index is 0.149. The first kappa shape index (κ1) is 17.8. The summed E-state index contributed by atoms with van der Waals surface area (Å²) in [5.41, 5.74) is 2.38. The number of carbonyl (C=O) groups excluding carboxylic acids is 1. The number of rotatable bonds is 5. The molecule has 5 nitrogen and oxygen atoms in total. The van der Waals surface area contributed by atoms with E-state index in [4.69, 9.17) is 27.6 Å². The largest absolute Gasteiger partial charge is 0.411 e. The number of halogens is 2. The first-order chi connectivity index (χ1) is 12.0. The molecule has 1 N–H and O–H groups in total. The third-order valence-corrected chi connectivity index (χ3v) is 4.68.